The molecule has 2 aromatic rings. The summed E-state index contributed by atoms with van der Waals surface area (Å²) in [5.41, 5.74) is 0.204. The van der Waals surface area contributed by atoms with Crippen LogP contribution < -0.4 is 14.8 Å². The number of sulfonamides is 1. The summed E-state index contributed by atoms with van der Waals surface area (Å²) in [6.07, 6.45) is 1.71. The Bertz CT molecular complexity index is 1200. The Morgan fingerprint density at radius 3 is 2.38 bits per heavy atom. The average Bonchev–Trinajstić information content (AvgIpc) is 2.83. The van der Waals surface area contributed by atoms with Crippen molar-refractivity contribution in [3.05, 3.63) is 46.5 Å². The standard InChI is InChI=1S/C23H27ClN2O7S/c1-14-6-5-9-26(13-14)34(29,30)21-10-15(7-8-17(21)24)22(27)25-18-12-20(32-3)19(31-2)11-16(18)23(28)33-4/h7-8,10-12,14H,5-6,9,13H2,1-4H3,(H,25,27)/t14-/m1/s1. The van der Waals surface area contributed by atoms with Crippen molar-refractivity contribution in [3.8, 4) is 11.5 Å². The largest absolute Gasteiger partial charge is 0.493 e. The molecule has 2 aromatic carbocycles. The predicted molar refractivity (Wildman–Crippen MR) is 127 cm³/mol. The molecule has 9 nitrogen and oxygen atoms in total. The number of methoxy groups -OCH3 is 3. The van der Waals surface area contributed by atoms with Crippen LogP contribution in [-0.2, 0) is 14.8 Å². The number of nitrogens with one attached hydrogen (secondary N) is 1. The molecule has 1 heterocycles. The maximum Gasteiger partial charge on any atom is 0.340 e. The molecule has 184 valence electrons. The Hall–Kier alpha value is -2.82. The van der Waals surface area contributed by atoms with Crippen LogP contribution >= 0.6 is 11.6 Å². The quantitative estimate of drug-likeness (QED) is 0.563. The zero-order chi connectivity index (χ0) is 25.0. The highest BCUT2D eigenvalue weighted by Crippen LogP contribution is 2.34. The summed E-state index contributed by atoms with van der Waals surface area (Å²) in [4.78, 5) is 25.2. The molecule has 3 rings (SSSR count). The molecule has 0 spiro atoms. The van der Waals surface area contributed by atoms with Crippen LogP contribution in [0.1, 0.15) is 40.5 Å². The van der Waals surface area contributed by atoms with E-state index >= 15 is 0 Å². The third kappa shape index (κ3) is 5.29. The monoisotopic (exact) mass is 510 g/mol. The van der Waals surface area contributed by atoms with Gasteiger partial charge in [-0.3, -0.25) is 4.79 Å². The smallest absolute Gasteiger partial charge is 0.340 e. The zero-order valence-electron chi connectivity index (χ0n) is 19.4. The van der Waals surface area contributed by atoms with Crippen LogP contribution in [0.15, 0.2) is 35.2 Å². The van der Waals surface area contributed by atoms with E-state index in [0.29, 0.717) is 13.1 Å². The minimum absolute atomic E-state index is 0.0242. The summed E-state index contributed by atoms with van der Waals surface area (Å²) in [7, 11) is 0.150. The number of hydrogen-bond donors (Lipinski definition) is 1. The van der Waals surface area contributed by atoms with Gasteiger partial charge in [-0.1, -0.05) is 18.5 Å². The molecule has 0 aliphatic carbocycles. The lowest BCUT2D eigenvalue weighted by molar-refractivity contribution is 0.0601. The first-order chi connectivity index (χ1) is 16.1. The maximum atomic E-state index is 13.2. The van der Waals surface area contributed by atoms with Crippen molar-refractivity contribution < 1.29 is 32.2 Å². The Kier molecular flexibility index (Phi) is 8.06. The molecule has 34 heavy (non-hydrogen) atoms. The Labute approximate surface area is 204 Å². The molecule has 11 heteroatoms. The topological polar surface area (TPSA) is 111 Å². The molecular weight excluding hydrogens is 484 g/mol. The second kappa shape index (κ2) is 10.6. The normalized spacial score (nSPS) is 16.6. The zero-order valence-corrected chi connectivity index (χ0v) is 21.0. The van der Waals surface area contributed by atoms with Crippen LogP contribution in [0.2, 0.25) is 5.02 Å². The fourth-order valence-corrected chi connectivity index (χ4v) is 5.90. The molecule has 0 aromatic heterocycles. The molecule has 1 amide bonds. The van der Waals surface area contributed by atoms with Crippen molar-refractivity contribution in [2.24, 2.45) is 5.92 Å². The number of carbonyl (C=O) groups is 2. The molecule has 1 saturated heterocycles. The van der Waals surface area contributed by atoms with E-state index in [-0.39, 0.29) is 44.1 Å². The third-order valence-corrected chi connectivity index (χ3v) is 7.95. The number of nitrogens with zero attached hydrogens (tertiary/aromatic N) is 1. The van der Waals surface area contributed by atoms with Crippen molar-refractivity contribution in [2.75, 3.05) is 39.7 Å². The van der Waals surface area contributed by atoms with Gasteiger partial charge in [-0.2, -0.15) is 4.31 Å². The van der Waals surface area contributed by atoms with Gasteiger partial charge in [-0.15, -0.1) is 0 Å². The fourth-order valence-electron chi connectivity index (χ4n) is 3.80. The van der Waals surface area contributed by atoms with Crippen LogP contribution in [0.5, 0.6) is 11.5 Å². The van der Waals surface area contributed by atoms with Crippen molar-refractivity contribution in [2.45, 2.75) is 24.7 Å². The van der Waals surface area contributed by atoms with Crippen LogP contribution in [0.25, 0.3) is 0 Å². The van der Waals surface area contributed by atoms with E-state index in [2.05, 4.69) is 5.32 Å². The lowest BCUT2D eigenvalue weighted by Gasteiger charge is -2.30. The van der Waals surface area contributed by atoms with Crippen LogP contribution in [0, 0.1) is 5.92 Å². The highest BCUT2D eigenvalue weighted by Gasteiger charge is 2.31. The first-order valence-corrected chi connectivity index (χ1v) is 12.4. The Morgan fingerprint density at radius 1 is 1.09 bits per heavy atom. The van der Waals surface area contributed by atoms with Gasteiger partial charge < -0.3 is 19.5 Å². The SMILES string of the molecule is COC(=O)c1cc(OC)c(OC)cc1NC(=O)c1ccc(Cl)c(S(=O)(=O)N2CCC[C@@H](C)C2)c1. The number of benzene rings is 2. The number of esters is 1. The van der Waals surface area contributed by atoms with Gasteiger partial charge in [0.15, 0.2) is 11.5 Å². The number of halogens is 1. The second-order valence-corrected chi connectivity index (χ2v) is 10.3. The predicted octanol–water partition coefficient (Wildman–Crippen LogP) is 3.82. The first-order valence-electron chi connectivity index (χ1n) is 10.6. The molecule has 0 unspecified atom stereocenters. The molecule has 1 aliphatic rings. The highest BCUT2D eigenvalue weighted by molar-refractivity contribution is 7.89. The van der Waals surface area contributed by atoms with Crippen molar-refractivity contribution in [1.29, 1.82) is 0 Å². The molecule has 1 atom stereocenters. The molecule has 0 bridgehead atoms. The summed E-state index contributed by atoms with van der Waals surface area (Å²) in [6.45, 7) is 2.78. The van der Waals surface area contributed by atoms with Crippen molar-refractivity contribution in [1.82, 2.24) is 4.31 Å². The van der Waals surface area contributed by atoms with E-state index in [1.807, 2.05) is 6.92 Å². The molecule has 1 N–H and O–H groups in total. The van der Waals surface area contributed by atoms with E-state index in [1.54, 1.807) is 0 Å². The summed E-state index contributed by atoms with van der Waals surface area (Å²) >= 11 is 6.23. The molecule has 0 saturated carbocycles. The lowest BCUT2D eigenvalue weighted by atomic mass is 10.0. The second-order valence-electron chi connectivity index (χ2n) is 7.95. The highest BCUT2D eigenvalue weighted by atomic mass is 35.5. The van der Waals surface area contributed by atoms with E-state index in [0.717, 1.165) is 12.8 Å². The fraction of sp³-hybridized carbons (Fsp3) is 0.391. The van der Waals surface area contributed by atoms with Gasteiger partial charge in [0.2, 0.25) is 10.0 Å². The van der Waals surface area contributed by atoms with Gasteiger partial charge in [0.05, 0.1) is 37.6 Å². The maximum absolute atomic E-state index is 13.2. The minimum Gasteiger partial charge on any atom is -0.493 e. The van der Waals surface area contributed by atoms with Crippen molar-refractivity contribution in [3.63, 3.8) is 0 Å². The Balaban J connectivity index is 1.97. The van der Waals surface area contributed by atoms with Gasteiger partial charge >= 0.3 is 5.97 Å². The van der Waals surface area contributed by atoms with Gasteiger partial charge in [0.25, 0.3) is 5.91 Å². The number of amides is 1. The van der Waals surface area contributed by atoms with E-state index in [9.17, 15) is 18.0 Å². The Morgan fingerprint density at radius 2 is 1.76 bits per heavy atom. The molecule has 1 fully saturated rings. The van der Waals surface area contributed by atoms with Gasteiger partial charge in [-0.25, -0.2) is 13.2 Å². The summed E-state index contributed by atoms with van der Waals surface area (Å²) in [6, 6.07) is 6.83. The number of hydrogen-bond acceptors (Lipinski definition) is 7. The summed E-state index contributed by atoms with van der Waals surface area (Å²) in [5.74, 6) is -0.552. The average molecular weight is 511 g/mol. The van der Waals surface area contributed by atoms with Crippen LogP contribution in [0.4, 0.5) is 5.69 Å². The lowest BCUT2D eigenvalue weighted by Crippen LogP contribution is -2.39. The molecular formula is C23H27ClN2O7S. The van der Waals surface area contributed by atoms with Gasteiger partial charge in [0, 0.05) is 30.8 Å². The summed E-state index contributed by atoms with van der Waals surface area (Å²) in [5, 5.41) is 2.65. The van der Waals surface area contributed by atoms with Crippen LogP contribution in [-0.4, -0.2) is 59.0 Å². The van der Waals surface area contributed by atoms with E-state index in [1.165, 1.54) is 56.0 Å². The molecule has 1 aliphatic heterocycles. The number of piperidine rings is 1. The minimum atomic E-state index is -3.89. The summed E-state index contributed by atoms with van der Waals surface area (Å²) < 4.78 is 43.2. The number of carbonyl (C=O) groups excluding carboxylic acids is 2. The van der Waals surface area contributed by atoms with E-state index < -0.39 is 21.9 Å². The van der Waals surface area contributed by atoms with Gasteiger partial charge in [0.1, 0.15) is 4.90 Å². The number of rotatable bonds is 7. The van der Waals surface area contributed by atoms with Gasteiger partial charge in [-0.05, 0) is 37.0 Å². The first kappa shape index (κ1) is 25.8. The third-order valence-electron chi connectivity index (χ3n) is 5.61. The number of ether oxygens (including phenoxy) is 3. The van der Waals surface area contributed by atoms with E-state index in [4.69, 9.17) is 25.8 Å². The van der Waals surface area contributed by atoms with Crippen molar-refractivity contribution >= 4 is 39.2 Å². The molecule has 0 radical (unpaired) electrons. The van der Waals surface area contributed by atoms with Crippen LogP contribution in [0.3, 0.4) is 0 Å². The number of anilines is 1.